The summed E-state index contributed by atoms with van der Waals surface area (Å²) < 4.78 is 0. The van der Waals surface area contributed by atoms with E-state index in [0.29, 0.717) is 5.41 Å². The summed E-state index contributed by atoms with van der Waals surface area (Å²) in [6.45, 7) is 5.57. The zero-order valence-electron chi connectivity index (χ0n) is 15.6. The highest BCUT2D eigenvalue weighted by Crippen LogP contribution is 2.43. The van der Waals surface area contributed by atoms with Crippen LogP contribution in [0.4, 0.5) is 0 Å². The molecule has 5 nitrogen and oxygen atoms in total. The molecule has 0 atom stereocenters. The number of aliphatic imine (C=N–C) groups is 1. The van der Waals surface area contributed by atoms with Crippen LogP contribution in [0, 0.1) is 5.41 Å². The first kappa shape index (κ1) is 21.5. The van der Waals surface area contributed by atoms with Crippen molar-refractivity contribution in [2.75, 3.05) is 40.3 Å². The zero-order valence-corrected chi connectivity index (χ0v) is 18.0. The molecule has 0 aromatic rings. The van der Waals surface area contributed by atoms with Gasteiger partial charge < -0.3 is 15.1 Å². The largest absolute Gasteiger partial charge is 0.356 e. The molecule has 1 spiro atoms. The molecule has 0 bridgehead atoms. The smallest absolute Gasteiger partial charge is 0.243 e. The molecule has 1 saturated heterocycles. The van der Waals surface area contributed by atoms with E-state index in [-0.39, 0.29) is 36.4 Å². The Bertz CT molecular complexity index is 419. The number of carbonyl (C=O) groups is 1. The summed E-state index contributed by atoms with van der Waals surface area (Å²) in [5.41, 5.74) is 0.511. The molecule has 140 valence electrons. The fourth-order valence-corrected chi connectivity index (χ4v) is 3.75. The van der Waals surface area contributed by atoms with Crippen molar-refractivity contribution < 1.29 is 4.79 Å². The van der Waals surface area contributed by atoms with Gasteiger partial charge in [0, 0.05) is 33.7 Å². The number of rotatable bonds is 5. The maximum Gasteiger partial charge on any atom is 0.243 e. The first-order chi connectivity index (χ1) is 11.1. The Morgan fingerprint density at radius 2 is 1.92 bits per heavy atom. The third kappa shape index (κ3) is 6.08. The van der Waals surface area contributed by atoms with Gasteiger partial charge in [-0.2, -0.15) is 0 Å². The molecule has 1 N–H and O–H groups in total. The summed E-state index contributed by atoms with van der Waals surface area (Å²) in [5.74, 6) is 1.00. The second-order valence-electron chi connectivity index (χ2n) is 7.44. The van der Waals surface area contributed by atoms with Crippen LogP contribution in [-0.2, 0) is 4.79 Å². The highest BCUT2D eigenvalue weighted by molar-refractivity contribution is 14.0. The fourth-order valence-electron chi connectivity index (χ4n) is 3.75. The molecule has 6 heteroatoms. The lowest BCUT2D eigenvalue weighted by Crippen LogP contribution is -2.42. The number of hydrogen-bond acceptors (Lipinski definition) is 2. The summed E-state index contributed by atoms with van der Waals surface area (Å²) in [6, 6.07) is 0. The molecule has 0 radical (unpaired) electrons. The highest BCUT2D eigenvalue weighted by Gasteiger charge is 2.39. The molecule has 1 heterocycles. The van der Waals surface area contributed by atoms with Gasteiger partial charge in [-0.1, -0.05) is 32.6 Å². The summed E-state index contributed by atoms with van der Waals surface area (Å²) in [4.78, 5) is 20.5. The lowest BCUT2D eigenvalue weighted by molar-refractivity contribution is -0.127. The second kappa shape index (κ2) is 10.5. The van der Waals surface area contributed by atoms with Gasteiger partial charge in [0.25, 0.3) is 0 Å². The van der Waals surface area contributed by atoms with E-state index in [4.69, 9.17) is 0 Å². The number of hydrogen-bond donors (Lipinski definition) is 1. The highest BCUT2D eigenvalue weighted by atomic mass is 127. The van der Waals surface area contributed by atoms with Crippen molar-refractivity contribution in [1.29, 1.82) is 0 Å². The van der Waals surface area contributed by atoms with Crippen molar-refractivity contribution in [1.82, 2.24) is 15.1 Å². The number of nitrogens with one attached hydrogen (secondary N) is 1. The Kier molecular flexibility index (Phi) is 9.37. The van der Waals surface area contributed by atoms with Gasteiger partial charge in [0.2, 0.25) is 5.91 Å². The standard InChI is InChI=1S/C18H34N4O.HI/c1-4-5-12-19-17(20-14-16(23)21(2)3)22-13-11-18(15-22)9-7-6-8-10-18;/h4-15H2,1-3H3,(H,19,20);1H. The molecule has 1 amide bonds. The van der Waals surface area contributed by atoms with E-state index < -0.39 is 0 Å². The summed E-state index contributed by atoms with van der Waals surface area (Å²) in [7, 11) is 3.57. The molecule has 24 heavy (non-hydrogen) atoms. The van der Waals surface area contributed by atoms with Gasteiger partial charge in [-0.15, -0.1) is 24.0 Å². The summed E-state index contributed by atoms with van der Waals surface area (Å²) in [6.07, 6.45) is 10.5. The van der Waals surface area contributed by atoms with Gasteiger partial charge >= 0.3 is 0 Å². The minimum Gasteiger partial charge on any atom is -0.356 e. The predicted octanol–water partition coefficient (Wildman–Crippen LogP) is 3.09. The van der Waals surface area contributed by atoms with E-state index in [2.05, 4.69) is 22.1 Å². The number of likely N-dealkylation sites (N-methyl/N-ethyl adjacent to an activating group) is 1. The number of guanidine groups is 1. The molecular formula is C18H35IN4O. The van der Waals surface area contributed by atoms with Gasteiger partial charge in [-0.25, -0.2) is 4.99 Å². The van der Waals surface area contributed by atoms with E-state index in [1.807, 2.05) is 0 Å². The van der Waals surface area contributed by atoms with Crippen LogP contribution in [0.2, 0.25) is 0 Å². The van der Waals surface area contributed by atoms with Crippen LogP contribution in [0.1, 0.15) is 58.3 Å². The average Bonchev–Trinajstić information content (AvgIpc) is 2.94. The third-order valence-electron chi connectivity index (χ3n) is 5.33. The van der Waals surface area contributed by atoms with E-state index in [1.54, 1.807) is 19.0 Å². The van der Waals surface area contributed by atoms with Crippen LogP contribution in [0.25, 0.3) is 0 Å². The molecule has 0 aromatic carbocycles. The molecular weight excluding hydrogens is 415 g/mol. The van der Waals surface area contributed by atoms with Crippen molar-refractivity contribution >= 4 is 35.8 Å². The molecule has 1 saturated carbocycles. The minimum atomic E-state index is 0. The van der Waals surface area contributed by atoms with Crippen molar-refractivity contribution in [3.05, 3.63) is 0 Å². The monoisotopic (exact) mass is 450 g/mol. The van der Waals surface area contributed by atoms with Gasteiger partial charge in [-0.3, -0.25) is 4.79 Å². The second-order valence-corrected chi connectivity index (χ2v) is 7.44. The lowest BCUT2D eigenvalue weighted by Gasteiger charge is -2.33. The fraction of sp³-hybridized carbons (Fsp3) is 0.889. The number of amides is 1. The molecule has 2 aliphatic rings. The van der Waals surface area contributed by atoms with Gasteiger partial charge in [-0.05, 0) is 31.1 Å². The van der Waals surface area contributed by atoms with Crippen molar-refractivity contribution in [2.45, 2.75) is 58.3 Å². The maximum absolute atomic E-state index is 11.9. The maximum atomic E-state index is 11.9. The van der Waals surface area contributed by atoms with Crippen LogP contribution >= 0.6 is 24.0 Å². The Morgan fingerprint density at radius 3 is 2.54 bits per heavy atom. The van der Waals surface area contributed by atoms with Gasteiger partial charge in [0.15, 0.2) is 5.96 Å². The topological polar surface area (TPSA) is 47.9 Å². The number of unbranched alkanes of at least 4 members (excludes halogenated alkanes) is 1. The molecule has 1 aliphatic heterocycles. The van der Waals surface area contributed by atoms with Crippen LogP contribution in [0.5, 0.6) is 0 Å². The number of carbonyl (C=O) groups excluding carboxylic acids is 1. The van der Waals surface area contributed by atoms with Gasteiger partial charge in [0.05, 0.1) is 0 Å². The summed E-state index contributed by atoms with van der Waals surface area (Å²) >= 11 is 0. The third-order valence-corrected chi connectivity index (χ3v) is 5.33. The minimum absolute atomic E-state index is 0. The van der Waals surface area contributed by atoms with Crippen molar-refractivity contribution in [3.8, 4) is 0 Å². The normalized spacial score (nSPS) is 20.0. The van der Waals surface area contributed by atoms with E-state index in [9.17, 15) is 4.79 Å². The van der Waals surface area contributed by atoms with Crippen LogP contribution in [0.15, 0.2) is 4.99 Å². The molecule has 0 aromatic heterocycles. The lowest BCUT2D eigenvalue weighted by atomic mass is 9.73. The summed E-state index contributed by atoms with van der Waals surface area (Å²) in [5, 5.41) is 3.48. The zero-order chi connectivity index (χ0) is 16.7. The van der Waals surface area contributed by atoms with E-state index >= 15 is 0 Å². The Labute approximate surface area is 164 Å². The Balaban J connectivity index is 0.00000288. The molecule has 1 aliphatic carbocycles. The first-order valence-corrected chi connectivity index (χ1v) is 9.30. The van der Waals surface area contributed by atoms with E-state index in [1.165, 1.54) is 44.9 Å². The van der Waals surface area contributed by atoms with Crippen molar-refractivity contribution in [3.63, 3.8) is 0 Å². The van der Waals surface area contributed by atoms with Crippen LogP contribution < -0.4 is 5.32 Å². The average molecular weight is 450 g/mol. The molecule has 2 rings (SSSR count). The van der Waals surface area contributed by atoms with Gasteiger partial charge in [0.1, 0.15) is 6.54 Å². The Morgan fingerprint density at radius 1 is 1.21 bits per heavy atom. The number of nitrogens with zero attached hydrogens (tertiary/aromatic N) is 3. The van der Waals surface area contributed by atoms with Crippen LogP contribution in [-0.4, -0.2) is 61.9 Å². The number of likely N-dealkylation sites (tertiary alicyclic amines) is 1. The molecule has 2 fully saturated rings. The quantitative estimate of drug-likeness (QED) is 0.303. The molecule has 0 unspecified atom stereocenters. The predicted molar refractivity (Wildman–Crippen MR) is 111 cm³/mol. The first-order valence-electron chi connectivity index (χ1n) is 9.30. The van der Waals surface area contributed by atoms with Crippen molar-refractivity contribution in [2.24, 2.45) is 10.4 Å². The van der Waals surface area contributed by atoms with Crippen LogP contribution in [0.3, 0.4) is 0 Å². The SMILES string of the molecule is CCCCNC(=NCC(=O)N(C)C)N1CCC2(CCCCC2)C1.I. The number of halogens is 1. The Hall–Kier alpha value is -0.530. The van der Waals surface area contributed by atoms with E-state index in [0.717, 1.165) is 32.0 Å².